The zero-order valence-corrected chi connectivity index (χ0v) is 30.1. The van der Waals surface area contributed by atoms with Crippen LogP contribution in [0.15, 0.2) is 72.0 Å². The molecular weight excluding hydrogens is 735 g/mol. The van der Waals surface area contributed by atoms with E-state index in [2.05, 4.69) is 58.8 Å². The number of hydrogen-bond acceptors (Lipinski definition) is 10. The van der Waals surface area contributed by atoms with Crippen LogP contribution in [0.25, 0.3) is 11.3 Å². The Morgan fingerprint density at radius 3 is 2.33 bits per heavy atom. The lowest BCUT2D eigenvalue weighted by Gasteiger charge is -2.36. The zero-order chi connectivity index (χ0) is 38.3. The van der Waals surface area contributed by atoms with E-state index in [9.17, 15) is 35.9 Å². The molecule has 1 unspecified atom stereocenters. The normalized spacial score (nSPS) is 17.0. The molecule has 0 saturated carbocycles. The van der Waals surface area contributed by atoms with Crippen LogP contribution in [0.3, 0.4) is 0 Å². The van der Waals surface area contributed by atoms with Crippen molar-refractivity contribution in [1.29, 1.82) is 0 Å². The van der Waals surface area contributed by atoms with Crippen LogP contribution in [0.4, 0.5) is 38.0 Å². The van der Waals surface area contributed by atoms with E-state index >= 15 is 0 Å². The monoisotopic (exact) mass is 774 g/mol. The molecule has 4 aromatic rings. The van der Waals surface area contributed by atoms with Crippen LogP contribution in [0.2, 0.25) is 0 Å². The smallest absolute Gasteiger partial charge is 0.369 e. The topological polar surface area (TPSA) is 99.5 Å². The minimum atomic E-state index is -4.81. The Kier molecular flexibility index (Phi) is 12.6. The van der Waals surface area contributed by atoms with Crippen LogP contribution in [0.1, 0.15) is 48.3 Å². The number of hydrogen-bond donors (Lipinski definition) is 1. The fourth-order valence-corrected chi connectivity index (χ4v) is 7.71. The molecule has 0 radical (unpaired) electrons. The van der Waals surface area contributed by atoms with Crippen LogP contribution < -0.4 is 10.2 Å². The van der Waals surface area contributed by atoms with Gasteiger partial charge in [0, 0.05) is 92.7 Å². The van der Waals surface area contributed by atoms with Gasteiger partial charge in [0.25, 0.3) is 0 Å². The van der Waals surface area contributed by atoms with E-state index in [4.69, 9.17) is 0 Å². The summed E-state index contributed by atoms with van der Waals surface area (Å²) < 4.78 is 82.5. The molecule has 2 aromatic carbocycles. The van der Waals surface area contributed by atoms with Crippen LogP contribution in [0.5, 0.6) is 0 Å². The van der Waals surface area contributed by atoms with Crippen molar-refractivity contribution >= 4 is 36.2 Å². The predicted octanol–water partition coefficient (Wildman–Crippen LogP) is 7.09. The molecule has 0 amide bonds. The average Bonchev–Trinajstić information content (AvgIpc) is 3.60. The van der Waals surface area contributed by atoms with Gasteiger partial charge in [0.05, 0.1) is 11.9 Å². The fourth-order valence-electron chi connectivity index (χ4n) is 6.67. The first-order valence-electron chi connectivity index (χ1n) is 17.7. The molecule has 0 bridgehead atoms. The third kappa shape index (κ3) is 10.6. The molecule has 0 aliphatic carbocycles. The summed E-state index contributed by atoms with van der Waals surface area (Å²) in [7, 11) is 0. The number of alkyl halides is 6. The molecule has 2 saturated heterocycles. The number of carbonyl (C=O) groups excluding carboxylic acids is 2. The number of piperidine rings is 1. The summed E-state index contributed by atoms with van der Waals surface area (Å²) in [5, 5.41) is 6.69. The summed E-state index contributed by atoms with van der Waals surface area (Å²) in [6.45, 7) is 4.38. The molecule has 1 atom stereocenters. The number of halogens is 6. The molecule has 2 aliphatic heterocycles. The van der Waals surface area contributed by atoms with Crippen molar-refractivity contribution in [2.75, 3.05) is 49.5 Å². The molecule has 2 aliphatic rings. The highest BCUT2D eigenvalue weighted by Crippen LogP contribution is 2.37. The van der Waals surface area contributed by atoms with Gasteiger partial charge < -0.3 is 19.8 Å². The summed E-state index contributed by atoms with van der Waals surface area (Å²) in [6.07, 6.45) is -2.92. The van der Waals surface area contributed by atoms with Crippen molar-refractivity contribution in [2.24, 2.45) is 0 Å². The highest BCUT2D eigenvalue weighted by atomic mass is 32.2. The maximum Gasteiger partial charge on any atom is 0.419 e. The second kappa shape index (κ2) is 17.3. The van der Waals surface area contributed by atoms with E-state index in [-0.39, 0.29) is 23.5 Å². The number of piperazine rings is 1. The Balaban J connectivity index is 0.980. The summed E-state index contributed by atoms with van der Waals surface area (Å²) in [4.78, 5) is 36.0. The maximum atomic E-state index is 13.8. The second-order valence-electron chi connectivity index (χ2n) is 13.4. The van der Waals surface area contributed by atoms with Crippen molar-refractivity contribution < 1.29 is 35.9 Å². The molecule has 6 rings (SSSR count). The summed E-state index contributed by atoms with van der Waals surface area (Å²) >= 11 is 1.66. The SMILES string of the molecule is O=CCCC(C=O)c1ccc(N2CCN(Cc3cccc(SN4CCC(Nc5ncc(C(F)(F)F)c(-c6cnn(CC(F)(F)F)c6)n5)CC4)c3)CC2)cc1. The van der Waals surface area contributed by atoms with Crippen LogP contribution in [-0.4, -0.2) is 93.0 Å². The molecule has 2 aromatic heterocycles. The lowest BCUT2D eigenvalue weighted by atomic mass is 9.95. The lowest BCUT2D eigenvalue weighted by molar-refractivity contribution is -0.142. The number of aromatic nitrogens is 4. The van der Waals surface area contributed by atoms with E-state index in [1.54, 1.807) is 11.9 Å². The van der Waals surface area contributed by atoms with E-state index in [1.807, 2.05) is 24.3 Å². The quantitative estimate of drug-likeness (QED) is 0.0813. The Labute approximate surface area is 313 Å². The second-order valence-corrected chi connectivity index (χ2v) is 14.6. The van der Waals surface area contributed by atoms with Crippen molar-refractivity contribution in [3.05, 3.63) is 83.8 Å². The summed E-state index contributed by atoms with van der Waals surface area (Å²) in [5.74, 6) is -0.301. The van der Waals surface area contributed by atoms with Gasteiger partial charge in [0.15, 0.2) is 0 Å². The molecule has 17 heteroatoms. The van der Waals surface area contributed by atoms with E-state index in [0.717, 1.165) is 73.8 Å². The Bertz CT molecular complexity index is 1860. The first-order valence-corrected chi connectivity index (χ1v) is 18.4. The van der Waals surface area contributed by atoms with Gasteiger partial charge in [-0.25, -0.2) is 14.3 Å². The molecule has 1 N–H and O–H groups in total. The lowest BCUT2D eigenvalue weighted by Crippen LogP contribution is -2.45. The first kappa shape index (κ1) is 39.2. The maximum absolute atomic E-state index is 13.8. The van der Waals surface area contributed by atoms with Crippen molar-refractivity contribution in [3.63, 3.8) is 0 Å². The van der Waals surface area contributed by atoms with Gasteiger partial charge >= 0.3 is 12.4 Å². The molecule has 2 fully saturated rings. The van der Waals surface area contributed by atoms with Crippen molar-refractivity contribution in [2.45, 2.75) is 68.0 Å². The van der Waals surface area contributed by atoms with Crippen LogP contribution in [0, 0.1) is 0 Å². The molecule has 10 nitrogen and oxygen atoms in total. The van der Waals surface area contributed by atoms with Crippen LogP contribution >= 0.6 is 11.9 Å². The number of aldehydes is 2. The van der Waals surface area contributed by atoms with Gasteiger partial charge in [-0.05, 0) is 66.6 Å². The van der Waals surface area contributed by atoms with Gasteiger partial charge in [-0.15, -0.1) is 0 Å². The number of benzene rings is 2. The van der Waals surface area contributed by atoms with E-state index < -0.39 is 30.2 Å². The predicted molar refractivity (Wildman–Crippen MR) is 193 cm³/mol. The number of rotatable bonds is 14. The number of nitrogens with one attached hydrogen (secondary N) is 1. The van der Waals surface area contributed by atoms with Gasteiger partial charge in [0.1, 0.15) is 24.7 Å². The third-order valence-electron chi connectivity index (χ3n) is 9.49. The van der Waals surface area contributed by atoms with E-state index in [1.165, 1.54) is 5.56 Å². The zero-order valence-electron chi connectivity index (χ0n) is 29.3. The van der Waals surface area contributed by atoms with Gasteiger partial charge in [-0.2, -0.15) is 31.4 Å². The van der Waals surface area contributed by atoms with Gasteiger partial charge in [0.2, 0.25) is 5.95 Å². The molecular formula is C37H40F6N8O2S. The molecule has 0 spiro atoms. The van der Waals surface area contributed by atoms with Gasteiger partial charge in [-0.3, -0.25) is 9.58 Å². The molecule has 4 heterocycles. The Morgan fingerprint density at radius 2 is 1.67 bits per heavy atom. The minimum absolute atomic E-state index is 0.0331. The Morgan fingerprint density at radius 1 is 0.926 bits per heavy atom. The third-order valence-corrected chi connectivity index (χ3v) is 10.6. The van der Waals surface area contributed by atoms with Gasteiger partial charge in [-0.1, -0.05) is 24.3 Å². The average molecular weight is 775 g/mol. The molecule has 54 heavy (non-hydrogen) atoms. The number of anilines is 2. The first-order chi connectivity index (χ1) is 25.9. The standard InChI is InChI=1S/C37H40F6N8O2S/c38-36(39,40)25-50-23-29(20-45-50)34-33(37(41,42)43)21-44-35(47-34)46-30-10-12-51(13-11-30)54-32-5-1-3-26(19-32)22-48-14-16-49(17-15-48)31-8-6-27(7-9-31)28(24-53)4-2-18-52/h1,3,5-9,18-21,23-24,28,30H,2,4,10-17,22,25H2,(H,44,46,47). The van der Waals surface area contributed by atoms with Crippen molar-refractivity contribution in [1.82, 2.24) is 29.0 Å². The Hall–Kier alpha value is -4.48. The highest BCUT2D eigenvalue weighted by molar-refractivity contribution is 7.97. The largest absolute Gasteiger partial charge is 0.419 e. The van der Waals surface area contributed by atoms with E-state index in [0.29, 0.717) is 49.7 Å². The summed E-state index contributed by atoms with van der Waals surface area (Å²) in [5.41, 5.74) is 1.37. The highest BCUT2D eigenvalue weighted by Gasteiger charge is 2.36. The van der Waals surface area contributed by atoms with Crippen LogP contribution in [-0.2, 0) is 28.9 Å². The summed E-state index contributed by atoms with van der Waals surface area (Å²) in [6, 6.07) is 16.4. The fraction of sp³-hybridized carbons (Fsp3) is 0.432. The minimum Gasteiger partial charge on any atom is -0.369 e. The molecule has 288 valence electrons. The van der Waals surface area contributed by atoms with Crippen molar-refractivity contribution in [3.8, 4) is 11.3 Å². The number of nitrogens with zero attached hydrogens (tertiary/aromatic N) is 7. The number of carbonyl (C=O) groups is 2.